The van der Waals surface area contributed by atoms with E-state index in [4.69, 9.17) is 27.9 Å². The number of hydrogen-bond donors (Lipinski definition) is 4. The Morgan fingerprint density at radius 2 is 1.89 bits per heavy atom. The van der Waals surface area contributed by atoms with Gasteiger partial charge < -0.3 is 25.6 Å². The summed E-state index contributed by atoms with van der Waals surface area (Å²) in [7, 11) is 0. The molecule has 3 rings (SSSR count). The average Bonchev–Trinajstić information content (AvgIpc) is 2.83. The van der Waals surface area contributed by atoms with Gasteiger partial charge >= 0.3 is 17.9 Å². The van der Waals surface area contributed by atoms with Crippen LogP contribution in [0.15, 0.2) is 29.5 Å². The highest BCUT2D eigenvalue weighted by molar-refractivity contribution is 8.00. The molecule has 38 heavy (non-hydrogen) atoms. The maximum Gasteiger partial charge on any atom is 0.352 e. The summed E-state index contributed by atoms with van der Waals surface area (Å²) in [5.41, 5.74) is -1.90. The number of benzene rings is 1. The zero-order valence-corrected chi connectivity index (χ0v) is 22.4. The fourth-order valence-corrected chi connectivity index (χ4v) is 5.63. The van der Waals surface area contributed by atoms with Gasteiger partial charge in [-0.25, -0.2) is 9.59 Å². The van der Waals surface area contributed by atoms with E-state index in [1.807, 2.05) is 0 Å². The van der Waals surface area contributed by atoms with E-state index < -0.39 is 52.6 Å². The van der Waals surface area contributed by atoms with Gasteiger partial charge in [0.1, 0.15) is 29.3 Å². The molecule has 3 atom stereocenters. The highest BCUT2D eigenvalue weighted by atomic mass is 35.5. The van der Waals surface area contributed by atoms with Crippen molar-refractivity contribution in [3.05, 3.63) is 45.1 Å². The van der Waals surface area contributed by atoms with Gasteiger partial charge in [-0.2, -0.15) is 0 Å². The molecule has 2 aliphatic heterocycles. The molecule has 4 N–H and O–H groups in total. The van der Waals surface area contributed by atoms with Crippen molar-refractivity contribution >= 4 is 70.6 Å². The Bertz CT molecular complexity index is 1250. The topological polar surface area (TPSA) is 179 Å². The third-order valence-corrected chi connectivity index (χ3v) is 7.79. The number of β-lactam (4-membered cyclic amide) rings is 1. The predicted octanol–water partition coefficient (Wildman–Crippen LogP) is 1.65. The van der Waals surface area contributed by atoms with Crippen LogP contribution in [0.5, 0.6) is 0 Å². The number of halogens is 2. The number of nitrogens with zero attached hydrogens (tertiary/aromatic N) is 1. The summed E-state index contributed by atoms with van der Waals surface area (Å²) in [6.45, 7) is 2.12. The maximum absolute atomic E-state index is 12.7. The monoisotopic (exact) mass is 587 g/mol. The number of carbonyl (C=O) groups excluding carboxylic acids is 4. The molecule has 1 saturated heterocycles. The van der Waals surface area contributed by atoms with Crippen LogP contribution in [0.1, 0.15) is 37.0 Å². The SMILES string of the molecule is CC(=O)OCC1=C(C(=O)O)N2C(=O)[C@H](NC(=O)CCC(C)(NC(=O)c3ccc(Cl)cc3Cl)C(=O)O)[C@H]2SC1. The first-order valence-electron chi connectivity index (χ1n) is 11.1. The first kappa shape index (κ1) is 29.3. The Hall–Kier alpha value is -3.29. The Labute approximate surface area is 230 Å². The van der Waals surface area contributed by atoms with Crippen molar-refractivity contribution in [2.75, 3.05) is 12.4 Å². The quantitative estimate of drug-likeness (QED) is 0.232. The number of carboxylic acids is 2. The molecule has 3 amide bonds. The average molecular weight is 588 g/mol. The van der Waals surface area contributed by atoms with Gasteiger partial charge in [0.25, 0.3) is 11.8 Å². The molecule has 0 bridgehead atoms. The largest absolute Gasteiger partial charge is 0.480 e. The number of aliphatic carboxylic acids is 2. The standard InChI is InChI=1S/C23H23Cl2N3O9S/c1-10(29)37-8-11-9-38-20-16(19(32)28(20)17(11)21(33)34)26-15(30)5-6-23(2,22(35)36)27-18(31)13-4-3-12(24)7-14(13)25/h3-4,7,16,20H,5-6,8-9H2,1-2H3,(H,26,30)(H,27,31)(H,33,34)(H,35,36)/t16-,20+,23?/m0/s1. The molecule has 0 radical (unpaired) electrons. The molecule has 1 unspecified atom stereocenters. The summed E-state index contributed by atoms with van der Waals surface area (Å²) in [6.07, 6.45) is -0.682. The van der Waals surface area contributed by atoms with Crippen molar-refractivity contribution < 1.29 is 43.7 Å². The normalized spacial score (nSPS) is 20.0. The molecule has 0 aromatic heterocycles. The highest BCUT2D eigenvalue weighted by Crippen LogP contribution is 2.40. The number of ether oxygens (including phenoxy) is 1. The van der Waals surface area contributed by atoms with Crippen molar-refractivity contribution in [3.63, 3.8) is 0 Å². The van der Waals surface area contributed by atoms with E-state index in [1.165, 1.54) is 43.8 Å². The molecule has 0 spiro atoms. The second-order valence-electron chi connectivity index (χ2n) is 8.71. The van der Waals surface area contributed by atoms with Gasteiger partial charge in [-0.1, -0.05) is 23.2 Å². The van der Waals surface area contributed by atoms with Gasteiger partial charge in [0, 0.05) is 29.7 Å². The molecule has 2 heterocycles. The number of hydrogen-bond acceptors (Lipinski definition) is 8. The Morgan fingerprint density at radius 1 is 1.21 bits per heavy atom. The zero-order chi connectivity index (χ0) is 28.4. The van der Waals surface area contributed by atoms with Crippen molar-refractivity contribution in [2.24, 2.45) is 0 Å². The van der Waals surface area contributed by atoms with Crippen molar-refractivity contribution in [3.8, 4) is 0 Å². The van der Waals surface area contributed by atoms with Crippen LogP contribution in [0.4, 0.5) is 0 Å². The lowest BCUT2D eigenvalue weighted by Crippen LogP contribution is -2.70. The summed E-state index contributed by atoms with van der Waals surface area (Å²) >= 11 is 13.0. The van der Waals surface area contributed by atoms with E-state index in [2.05, 4.69) is 10.6 Å². The minimum Gasteiger partial charge on any atom is -0.480 e. The highest BCUT2D eigenvalue weighted by Gasteiger charge is 2.54. The third-order valence-electron chi connectivity index (χ3n) is 5.91. The van der Waals surface area contributed by atoms with Gasteiger partial charge in [0.2, 0.25) is 5.91 Å². The summed E-state index contributed by atoms with van der Waals surface area (Å²) in [5, 5.41) is 23.8. The van der Waals surface area contributed by atoms with Crippen LogP contribution in [0.25, 0.3) is 0 Å². The number of esters is 1. The zero-order valence-electron chi connectivity index (χ0n) is 20.1. The fraction of sp³-hybridized carbons (Fsp3) is 0.391. The minimum absolute atomic E-state index is 0.00201. The van der Waals surface area contributed by atoms with Gasteiger partial charge in [-0.3, -0.25) is 24.1 Å². The van der Waals surface area contributed by atoms with E-state index in [0.29, 0.717) is 0 Å². The lowest BCUT2D eigenvalue weighted by molar-refractivity contribution is -0.151. The van der Waals surface area contributed by atoms with E-state index in [-0.39, 0.29) is 52.1 Å². The number of thioether (sulfide) groups is 1. The molecule has 2 aliphatic rings. The number of carboxylic acid groups (broad SMARTS) is 2. The van der Waals surface area contributed by atoms with Gasteiger partial charge in [0.05, 0.1) is 10.6 Å². The van der Waals surface area contributed by atoms with Crippen LogP contribution in [0.3, 0.4) is 0 Å². The second kappa shape index (κ2) is 11.6. The molecule has 12 nitrogen and oxygen atoms in total. The molecule has 1 aromatic rings. The van der Waals surface area contributed by atoms with E-state index in [0.717, 1.165) is 4.90 Å². The summed E-state index contributed by atoms with van der Waals surface area (Å²) < 4.78 is 4.87. The van der Waals surface area contributed by atoms with Crippen molar-refractivity contribution in [1.82, 2.24) is 15.5 Å². The molecule has 1 aromatic carbocycles. The predicted molar refractivity (Wildman–Crippen MR) is 136 cm³/mol. The third kappa shape index (κ3) is 6.22. The van der Waals surface area contributed by atoms with Gasteiger partial charge in [-0.15, -0.1) is 11.8 Å². The fourth-order valence-electron chi connectivity index (χ4n) is 3.81. The van der Waals surface area contributed by atoms with E-state index >= 15 is 0 Å². The van der Waals surface area contributed by atoms with Gasteiger partial charge in [0.15, 0.2) is 0 Å². The van der Waals surface area contributed by atoms with Crippen LogP contribution in [0, 0.1) is 0 Å². The van der Waals surface area contributed by atoms with Crippen LogP contribution >= 0.6 is 35.0 Å². The molecule has 15 heteroatoms. The summed E-state index contributed by atoms with van der Waals surface area (Å²) in [6, 6.07) is 3.05. The van der Waals surface area contributed by atoms with Crippen LogP contribution in [-0.4, -0.2) is 80.1 Å². The van der Waals surface area contributed by atoms with Crippen molar-refractivity contribution in [1.29, 1.82) is 0 Å². The first-order chi connectivity index (χ1) is 17.7. The maximum atomic E-state index is 12.7. The Balaban J connectivity index is 1.63. The van der Waals surface area contributed by atoms with E-state index in [1.54, 1.807) is 0 Å². The van der Waals surface area contributed by atoms with Gasteiger partial charge in [-0.05, 0) is 31.5 Å². The number of fused-ring (bicyclic) bond motifs is 1. The number of amides is 3. The van der Waals surface area contributed by atoms with E-state index in [9.17, 15) is 39.0 Å². The van der Waals surface area contributed by atoms with Crippen LogP contribution < -0.4 is 10.6 Å². The number of carbonyl (C=O) groups is 6. The number of rotatable bonds is 10. The Kier molecular flexibility index (Phi) is 8.95. The second-order valence-corrected chi connectivity index (χ2v) is 10.7. The smallest absolute Gasteiger partial charge is 0.352 e. The summed E-state index contributed by atoms with van der Waals surface area (Å²) in [5.74, 6) is -5.32. The summed E-state index contributed by atoms with van der Waals surface area (Å²) in [4.78, 5) is 73.8. The molecular formula is C23H23Cl2N3O9S. The van der Waals surface area contributed by atoms with Crippen molar-refractivity contribution in [2.45, 2.75) is 43.6 Å². The molecular weight excluding hydrogens is 565 g/mol. The molecule has 0 saturated carbocycles. The first-order valence-corrected chi connectivity index (χ1v) is 12.9. The molecule has 204 valence electrons. The lowest BCUT2D eigenvalue weighted by atomic mass is 9.94. The van der Waals surface area contributed by atoms with Crippen LogP contribution in [-0.2, 0) is 28.7 Å². The molecule has 1 fully saturated rings. The minimum atomic E-state index is -1.85. The number of nitrogens with one attached hydrogen (secondary N) is 2. The lowest BCUT2D eigenvalue weighted by Gasteiger charge is -2.49. The Morgan fingerprint density at radius 3 is 2.47 bits per heavy atom. The molecule has 0 aliphatic carbocycles. The van der Waals surface area contributed by atoms with Crippen LogP contribution in [0.2, 0.25) is 10.0 Å².